The number of thioether (sulfide) groups is 1. The normalized spacial score (nSPS) is 26.2. The van der Waals surface area contributed by atoms with E-state index in [0.717, 1.165) is 6.42 Å². The summed E-state index contributed by atoms with van der Waals surface area (Å²) in [5.74, 6) is -1.49. The number of carbonyl (C=O) groups excluding carboxylic acids is 2. The van der Waals surface area contributed by atoms with Crippen LogP contribution < -0.4 is 10.8 Å². The Morgan fingerprint density at radius 3 is 3.00 bits per heavy atom. The number of nitrogens with zero attached hydrogens (tertiary/aromatic N) is 2. The predicted molar refractivity (Wildman–Crippen MR) is 77.1 cm³/mol. The Kier molecular flexibility index (Phi) is 4.89. The number of carbonyl (C=O) groups is 2. The molecule has 0 saturated carbocycles. The number of amides is 1. The Morgan fingerprint density at radius 2 is 2.43 bits per heavy atom. The molecule has 0 aromatic heterocycles. The van der Waals surface area contributed by atoms with Gasteiger partial charge in [0.2, 0.25) is 5.91 Å². The first-order chi connectivity index (χ1) is 9.99. The third-order valence-electron chi connectivity index (χ3n) is 3.69. The van der Waals surface area contributed by atoms with Crippen molar-refractivity contribution in [1.82, 2.24) is 4.90 Å². The van der Waals surface area contributed by atoms with Crippen LogP contribution in [-0.2, 0) is 9.59 Å². The van der Waals surface area contributed by atoms with E-state index in [-0.39, 0.29) is 17.6 Å². The first-order valence-electron chi connectivity index (χ1n) is 6.77. The van der Waals surface area contributed by atoms with Gasteiger partial charge in [0.15, 0.2) is 0 Å². The molecule has 2 aliphatic heterocycles. The highest BCUT2D eigenvalue weighted by molar-refractivity contribution is 8.03. The van der Waals surface area contributed by atoms with Gasteiger partial charge < -0.3 is 25.6 Å². The number of aliphatic hydroxyl groups is 1. The number of nitrogens with two attached hydrogens (primary N) is 1. The summed E-state index contributed by atoms with van der Waals surface area (Å²) in [5, 5.41) is 20.9. The van der Waals surface area contributed by atoms with Gasteiger partial charge in [-0.15, -0.1) is 11.8 Å². The summed E-state index contributed by atoms with van der Waals surface area (Å²) in [7, 11) is 0. The number of rotatable bonds is 7. The second-order valence-electron chi connectivity index (χ2n) is 5.06. The van der Waals surface area contributed by atoms with Crippen LogP contribution in [0.15, 0.2) is 15.6 Å². The van der Waals surface area contributed by atoms with Crippen LogP contribution in [0.1, 0.15) is 19.8 Å². The molecule has 0 aromatic rings. The Bertz CT molecular complexity index is 504. The molecule has 3 atom stereocenters. The largest absolute Gasteiger partial charge is 0.543 e. The molecule has 1 saturated heterocycles. The zero-order valence-electron chi connectivity index (χ0n) is 11.7. The monoisotopic (exact) mass is 312 g/mol. The van der Waals surface area contributed by atoms with Crippen molar-refractivity contribution in [3.05, 3.63) is 10.6 Å². The molecule has 0 spiro atoms. The first kappa shape index (κ1) is 15.8. The molecule has 0 bridgehead atoms. The van der Waals surface area contributed by atoms with Crippen LogP contribution in [0.25, 0.3) is 0 Å². The lowest BCUT2D eigenvalue weighted by atomic mass is 9.83. The molecule has 0 aromatic carbocycles. The summed E-state index contributed by atoms with van der Waals surface area (Å²) in [4.78, 5) is 29.0. The van der Waals surface area contributed by atoms with Gasteiger partial charge >= 0.3 is 0 Å². The topological polar surface area (TPSA) is 119 Å². The third-order valence-corrected chi connectivity index (χ3v) is 4.90. The number of β-lactam (4-membered cyclic amide) rings is 1. The van der Waals surface area contributed by atoms with Crippen molar-refractivity contribution in [2.75, 3.05) is 12.3 Å². The van der Waals surface area contributed by atoms with Crippen LogP contribution in [0.5, 0.6) is 0 Å². The Morgan fingerprint density at radius 1 is 1.71 bits per heavy atom. The molecule has 0 unspecified atom stereocenters. The lowest BCUT2D eigenvalue weighted by molar-refractivity contribution is -0.301. The number of fused-ring (bicyclic) bond motifs is 1. The van der Waals surface area contributed by atoms with Gasteiger partial charge in [-0.1, -0.05) is 0 Å². The maximum atomic E-state index is 12.0. The van der Waals surface area contributed by atoms with Crippen molar-refractivity contribution in [2.45, 2.75) is 31.9 Å². The molecule has 0 aliphatic carbocycles. The number of hydrogen-bond acceptors (Lipinski definition) is 6. The van der Waals surface area contributed by atoms with Gasteiger partial charge in [0.25, 0.3) is 0 Å². The quantitative estimate of drug-likeness (QED) is 0.260. The predicted octanol–water partition coefficient (Wildman–Crippen LogP) is -1.33. The molecule has 116 valence electrons. The van der Waals surface area contributed by atoms with Gasteiger partial charge in [-0.25, -0.2) is 0 Å². The van der Waals surface area contributed by atoms with Crippen LogP contribution in [0, 0.1) is 5.92 Å². The van der Waals surface area contributed by atoms with Crippen molar-refractivity contribution in [3.8, 4) is 0 Å². The second-order valence-corrected chi connectivity index (χ2v) is 6.25. The van der Waals surface area contributed by atoms with Crippen molar-refractivity contribution in [1.29, 1.82) is 0 Å². The molecule has 2 heterocycles. The SMILES string of the molecule is C[C@@H](O)[C@H]1C(=O)N2C(C(=O)[O-])=C(SCCCN=CN)C[C@H]12. The van der Waals surface area contributed by atoms with E-state index in [2.05, 4.69) is 4.99 Å². The van der Waals surface area contributed by atoms with Gasteiger partial charge in [-0.3, -0.25) is 9.79 Å². The molecule has 2 rings (SSSR count). The molecule has 3 N–H and O–H groups in total. The highest BCUT2D eigenvalue weighted by Gasteiger charge is 2.55. The number of hydrogen-bond donors (Lipinski definition) is 2. The van der Waals surface area contributed by atoms with Crippen molar-refractivity contribution in [2.24, 2.45) is 16.6 Å². The van der Waals surface area contributed by atoms with Crippen LogP contribution in [0.2, 0.25) is 0 Å². The minimum Gasteiger partial charge on any atom is -0.543 e. The Labute approximate surface area is 126 Å². The standard InChI is InChI=1S/C13H19N3O4S/c1-7(17)10-8-5-9(21-4-2-3-15-6-14)11(13(19)20)16(8)12(10)18/h6-8,10,17H,2-5H2,1H3,(H2,14,15)(H,19,20)/p-1/t7-,8-,10-/m1/s1. The maximum absolute atomic E-state index is 12.0. The van der Waals surface area contributed by atoms with Crippen molar-refractivity contribution >= 4 is 30.0 Å². The summed E-state index contributed by atoms with van der Waals surface area (Å²) in [6.45, 7) is 2.13. The number of aliphatic imine (C=N–C) groups is 1. The van der Waals surface area contributed by atoms with E-state index in [4.69, 9.17) is 5.73 Å². The summed E-state index contributed by atoms with van der Waals surface area (Å²) < 4.78 is 0. The smallest absolute Gasteiger partial charge is 0.235 e. The average Bonchev–Trinajstić information content (AvgIpc) is 2.72. The molecule has 1 amide bonds. The minimum absolute atomic E-state index is 0.0331. The fourth-order valence-corrected chi connectivity index (χ4v) is 3.90. The van der Waals surface area contributed by atoms with Gasteiger partial charge in [0.05, 0.1) is 36.1 Å². The van der Waals surface area contributed by atoms with Crippen molar-refractivity contribution < 1.29 is 19.8 Å². The summed E-state index contributed by atoms with van der Waals surface area (Å²) in [6.07, 6.45) is 1.70. The summed E-state index contributed by atoms with van der Waals surface area (Å²) in [5.41, 5.74) is 5.10. The van der Waals surface area contributed by atoms with Gasteiger partial charge in [-0.05, 0) is 19.1 Å². The van der Waals surface area contributed by atoms with E-state index in [1.807, 2.05) is 0 Å². The van der Waals surface area contributed by atoms with E-state index in [1.165, 1.54) is 23.0 Å². The maximum Gasteiger partial charge on any atom is 0.235 e. The van der Waals surface area contributed by atoms with Crippen LogP contribution in [-0.4, -0.2) is 52.7 Å². The van der Waals surface area contributed by atoms with Gasteiger partial charge in [-0.2, -0.15) is 0 Å². The minimum atomic E-state index is -1.34. The Hall–Kier alpha value is -1.54. The molecular weight excluding hydrogens is 294 g/mol. The zero-order chi connectivity index (χ0) is 15.6. The van der Waals surface area contributed by atoms with Crippen LogP contribution in [0.4, 0.5) is 0 Å². The lowest BCUT2D eigenvalue weighted by Crippen LogP contribution is -2.62. The highest BCUT2D eigenvalue weighted by atomic mass is 32.2. The average molecular weight is 312 g/mol. The number of aliphatic hydroxyl groups excluding tert-OH is 1. The van der Waals surface area contributed by atoms with E-state index in [0.29, 0.717) is 23.6 Å². The van der Waals surface area contributed by atoms with Gasteiger partial charge in [0.1, 0.15) is 0 Å². The number of aliphatic carboxylic acids is 1. The van der Waals surface area contributed by atoms with E-state index < -0.39 is 18.0 Å². The first-order valence-corrected chi connectivity index (χ1v) is 7.76. The fraction of sp³-hybridized carbons (Fsp3) is 0.615. The van der Waals surface area contributed by atoms with E-state index in [9.17, 15) is 19.8 Å². The Balaban J connectivity index is 2.03. The molecular formula is C13H18N3O4S-. The van der Waals surface area contributed by atoms with Crippen molar-refractivity contribution in [3.63, 3.8) is 0 Å². The molecule has 8 heteroatoms. The second kappa shape index (κ2) is 6.48. The summed E-state index contributed by atoms with van der Waals surface area (Å²) in [6, 6.07) is -0.255. The van der Waals surface area contributed by atoms with Crippen LogP contribution >= 0.6 is 11.8 Å². The van der Waals surface area contributed by atoms with Crippen LogP contribution in [0.3, 0.4) is 0 Å². The zero-order valence-corrected chi connectivity index (χ0v) is 12.5. The molecule has 1 fully saturated rings. The number of carboxylic acids is 1. The highest BCUT2D eigenvalue weighted by Crippen LogP contribution is 2.46. The molecule has 7 nitrogen and oxygen atoms in total. The van der Waals surface area contributed by atoms with Gasteiger partial charge in [0, 0.05) is 17.9 Å². The third kappa shape index (κ3) is 2.91. The number of carboxylic acid groups (broad SMARTS) is 1. The van der Waals surface area contributed by atoms with E-state index >= 15 is 0 Å². The molecule has 2 aliphatic rings. The summed E-state index contributed by atoms with van der Waals surface area (Å²) >= 11 is 1.40. The fourth-order valence-electron chi connectivity index (χ4n) is 2.78. The molecule has 0 radical (unpaired) electrons. The lowest BCUT2D eigenvalue weighted by Gasteiger charge is -2.45. The van der Waals surface area contributed by atoms with E-state index in [1.54, 1.807) is 6.92 Å². The molecule has 21 heavy (non-hydrogen) atoms.